The van der Waals surface area contributed by atoms with Crippen molar-refractivity contribution < 1.29 is 20.1 Å². The van der Waals surface area contributed by atoms with Crippen molar-refractivity contribution in [1.29, 1.82) is 0 Å². The topological polar surface area (TPSA) is 80.9 Å². The summed E-state index contributed by atoms with van der Waals surface area (Å²) in [7, 11) is -2.17. The molecule has 0 saturated carbocycles. The molecule has 0 unspecified atom stereocenters. The van der Waals surface area contributed by atoms with Gasteiger partial charge in [-0.1, -0.05) is 0 Å². The van der Waals surface area contributed by atoms with Crippen LogP contribution in [0.1, 0.15) is 0 Å². The molecule has 0 rings (SSSR count). The Morgan fingerprint density at radius 3 is 1.29 bits per heavy atom. The molecule has 0 amide bonds. The summed E-state index contributed by atoms with van der Waals surface area (Å²) in [5.74, 6) is 0. The summed E-state index contributed by atoms with van der Waals surface area (Å²) in [5, 5.41) is 29.1. The fraction of sp³-hybridized carbons (Fsp3) is 0. The van der Waals surface area contributed by atoms with Crippen LogP contribution < -0.4 is 0 Å². The van der Waals surface area contributed by atoms with Gasteiger partial charge in [0.1, 0.15) is 0 Å². The van der Waals surface area contributed by atoms with Crippen molar-refractivity contribution in [3.05, 3.63) is 0 Å². The zero-order chi connectivity index (χ0) is 6.28. The van der Waals surface area contributed by atoms with Crippen LogP contribution >= 0.6 is 0 Å². The first-order valence-electron chi connectivity index (χ1n) is 1.80. The van der Waals surface area contributed by atoms with E-state index in [4.69, 9.17) is 20.1 Å². The fourth-order valence-corrected chi connectivity index (χ4v) is 0. The van der Waals surface area contributed by atoms with Crippen LogP contribution in [0.5, 0.6) is 0 Å². The van der Waals surface area contributed by atoms with Gasteiger partial charge in [-0.15, -0.1) is 0 Å². The van der Waals surface area contributed by atoms with Crippen molar-refractivity contribution in [1.82, 2.24) is 0 Å². The van der Waals surface area contributed by atoms with Gasteiger partial charge in [0, 0.05) is 0 Å². The van der Waals surface area contributed by atoms with Gasteiger partial charge in [0.2, 0.25) is 0 Å². The summed E-state index contributed by atoms with van der Waals surface area (Å²) in [4.78, 5) is 0. The molecule has 0 aliphatic heterocycles. The van der Waals surface area contributed by atoms with Gasteiger partial charge in [0.05, 0.1) is 0 Å². The zero-order valence-corrected chi connectivity index (χ0v) is 4.07. The Bertz CT molecular complexity index is 20.9. The molecule has 0 atom stereocenters. The van der Waals surface area contributed by atoms with Crippen LogP contribution in [-0.4, -0.2) is 51.0 Å². The van der Waals surface area contributed by atoms with E-state index >= 15 is 0 Å². The Kier molecular flexibility index (Phi) is 14.7. The molecule has 0 aliphatic rings. The minimum atomic E-state index is -2.17. The molecular formula is H5B2LiO4. The maximum absolute atomic E-state index is 7.57. The Morgan fingerprint density at radius 1 is 1.29 bits per heavy atom. The van der Waals surface area contributed by atoms with E-state index in [9.17, 15) is 0 Å². The second kappa shape index (κ2) is 9.76. The molecule has 7 heavy (non-hydrogen) atoms. The van der Waals surface area contributed by atoms with Crippen LogP contribution in [0.3, 0.4) is 0 Å². The van der Waals surface area contributed by atoms with E-state index < -0.39 is 7.32 Å². The number of hydrogen-bond acceptors (Lipinski definition) is 4. The van der Waals surface area contributed by atoms with Crippen LogP contribution in [-0.2, 0) is 0 Å². The molecule has 0 radical (unpaired) electrons. The summed E-state index contributed by atoms with van der Waals surface area (Å²) in [6, 6.07) is 0.250. The molecule has 0 aromatic heterocycles. The van der Waals surface area contributed by atoms with Gasteiger partial charge in [0.15, 0.2) is 0 Å². The minimum absolute atomic E-state index is 0.250. The SMILES string of the molecule is OB(O)O.[Li][BH]O. The van der Waals surface area contributed by atoms with Crippen LogP contribution in [0, 0.1) is 0 Å². The first-order valence-corrected chi connectivity index (χ1v) is 1.80. The van der Waals surface area contributed by atoms with Crippen molar-refractivity contribution in [2.24, 2.45) is 0 Å². The monoisotopic (exact) mass is 98.1 g/mol. The van der Waals surface area contributed by atoms with Crippen molar-refractivity contribution in [2.75, 3.05) is 0 Å². The Morgan fingerprint density at radius 2 is 1.29 bits per heavy atom. The second-order valence-electron chi connectivity index (χ2n) is 0.663. The van der Waals surface area contributed by atoms with E-state index in [-0.39, 0.29) is 6.05 Å². The Balaban J connectivity index is 0. The third-order valence-electron chi connectivity index (χ3n) is 0. The normalized spacial score (nSPS) is 6.00. The van der Waals surface area contributed by atoms with Gasteiger partial charge in [-0.25, -0.2) is 0 Å². The summed E-state index contributed by atoms with van der Waals surface area (Å²) in [6.45, 7) is 0. The van der Waals surface area contributed by atoms with E-state index in [2.05, 4.69) is 0 Å². The van der Waals surface area contributed by atoms with Gasteiger partial charge >= 0.3 is 35.9 Å². The molecule has 4 N–H and O–H groups in total. The maximum atomic E-state index is 7.57. The average molecular weight is 97.6 g/mol. The summed E-state index contributed by atoms with van der Waals surface area (Å²) in [5.41, 5.74) is 0. The van der Waals surface area contributed by atoms with E-state index in [0.29, 0.717) is 0 Å². The van der Waals surface area contributed by atoms with Gasteiger partial charge < -0.3 is 15.1 Å². The average Bonchev–Trinajstić information content (AvgIpc) is 1.33. The first kappa shape index (κ1) is 10.5. The Labute approximate surface area is 51.6 Å². The molecule has 0 fully saturated rings. The van der Waals surface area contributed by atoms with Gasteiger partial charge in [-0.3, -0.25) is 0 Å². The van der Waals surface area contributed by atoms with Crippen LogP contribution in [0.25, 0.3) is 0 Å². The predicted octanol–water partition coefficient (Wildman–Crippen LogP) is -3.64. The standard InChI is InChI=1S/BH3O3.BH2O.Li/c2-1(3)4;1-2;/h2-4H;1-2H;/q;+1;-1. The molecule has 7 heteroatoms. The van der Waals surface area contributed by atoms with Crippen LogP contribution in [0.4, 0.5) is 0 Å². The zero-order valence-electron chi connectivity index (χ0n) is 4.07. The fourth-order valence-electron chi connectivity index (χ4n) is 0. The molecule has 0 aromatic rings. The van der Waals surface area contributed by atoms with Crippen molar-refractivity contribution >= 4 is 30.9 Å². The van der Waals surface area contributed by atoms with Gasteiger partial charge in [0.25, 0.3) is 0 Å². The van der Waals surface area contributed by atoms with Gasteiger partial charge in [-0.05, 0) is 0 Å². The molecule has 0 aliphatic carbocycles. The van der Waals surface area contributed by atoms with Crippen molar-refractivity contribution in [3.8, 4) is 0 Å². The molecule has 0 aromatic carbocycles. The van der Waals surface area contributed by atoms with E-state index in [0.717, 1.165) is 0 Å². The summed E-state index contributed by atoms with van der Waals surface area (Å²) >= 11 is 1.68. The van der Waals surface area contributed by atoms with Gasteiger partial charge in [-0.2, -0.15) is 0 Å². The third kappa shape index (κ3) is 426. The first-order chi connectivity index (χ1) is 3.15. The molecule has 4 nitrogen and oxygen atoms in total. The number of hydrogen-bond donors (Lipinski definition) is 4. The molecule has 0 saturated heterocycles. The van der Waals surface area contributed by atoms with Crippen molar-refractivity contribution in [3.63, 3.8) is 0 Å². The van der Waals surface area contributed by atoms with Crippen molar-refractivity contribution in [2.45, 2.75) is 0 Å². The second-order valence-corrected chi connectivity index (χ2v) is 0.663. The van der Waals surface area contributed by atoms with Crippen LogP contribution in [0.15, 0.2) is 0 Å². The summed E-state index contributed by atoms with van der Waals surface area (Å²) in [6.07, 6.45) is 0. The number of rotatable bonds is 0. The molecule has 36 valence electrons. The molecular weight excluding hydrogens is 92.6 g/mol. The van der Waals surface area contributed by atoms with Crippen LogP contribution in [0.2, 0.25) is 0 Å². The molecule has 0 heterocycles. The molecule has 0 spiro atoms. The Hall–Kier alpha value is 0.567. The molecule has 0 bridgehead atoms. The summed E-state index contributed by atoms with van der Waals surface area (Å²) < 4.78 is 0. The van der Waals surface area contributed by atoms with E-state index in [1.54, 1.807) is 17.5 Å². The third-order valence-corrected chi connectivity index (χ3v) is 0. The van der Waals surface area contributed by atoms with E-state index in [1.165, 1.54) is 0 Å². The van der Waals surface area contributed by atoms with E-state index in [1.807, 2.05) is 0 Å². The predicted molar refractivity (Wildman–Crippen MR) is 27.5 cm³/mol. The quantitative estimate of drug-likeness (QED) is 0.235.